The van der Waals surface area contributed by atoms with Gasteiger partial charge in [0.2, 0.25) is 29.5 Å². The van der Waals surface area contributed by atoms with Gasteiger partial charge in [-0.25, -0.2) is 0 Å². The Morgan fingerprint density at radius 2 is 0.268 bits per heavy atom. The average molecular weight is 1840 g/mol. The highest BCUT2D eigenvalue weighted by Gasteiger charge is 2.21. The van der Waals surface area contributed by atoms with Crippen molar-refractivity contribution in [1.29, 1.82) is 0 Å². The lowest BCUT2D eigenvalue weighted by molar-refractivity contribution is 0.0992. The Morgan fingerprint density at radius 1 is 0.152 bits per heavy atom. The molecule has 10 N–H and O–H groups in total. The highest BCUT2D eigenvalue weighted by molar-refractivity contribution is 5.95. The van der Waals surface area contributed by atoms with E-state index in [1.54, 1.807) is 133 Å². The van der Waals surface area contributed by atoms with Gasteiger partial charge in [0.15, 0.2) is 0 Å². The van der Waals surface area contributed by atoms with Crippen LogP contribution < -0.4 is 85.5 Å². The van der Waals surface area contributed by atoms with Crippen molar-refractivity contribution in [2.75, 3.05) is 0 Å². The monoisotopic (exact) mass is 1840 g/mol. The van der Waals surface area contributed by atoms with Crippen LogP contribution in [-0.4, -0.2) is 89.3 Å². The van der Waals surface area contributed by atoms with E-state index < -0.39 is 29.5 Å². The number of hydrogen-bond donors (Lipinski definition) is 5. The molecule has 18 rings (SSSR count). The Balaban J connectivity index is 0.000000141. The van der Waals surface area contributed by atoms with Crippen LogP contribution in [0.15, 0.2) is 364 Å². The minimum atomic E-state index is -0.557. The Hall–Kier alpha value is -19.9. The highest BCUT2D eigenvalue weighted by atomic mass is 16.6. The van der Waals surface area contributed by atoms with Crippen molar-refractivity contribution in [3.8, 4) is 163 Å². The van der Waals surface area contributed by atoms with Gasteiger partial charge in [-0.3, -0.25) is 24.0 Å². The van der Waals surface area contributed by atoms with Crippen LogP contribution in [0, 0.1) is 20.8 Å². The van der Waals surface area contributed by atoms with E-state index >= 15 is 0 Å². The predicted octanol–water partition coefficient (Wildman–Crippen LogP) is 20.7. The predicted molar refractivity (Wildman–Crippen MR) is 505 cm³/mol. The van der Waals surface area contributed by atoms with Gasteiger partial charge in [0, 0.05) is 27.8 Å². The van der Waals surface area contributed by atoms with Gasteiger partial charge in [-0.1, -0.05) is 174 Å². The molecular formula is C104H79N17O17. The SMILES string of the molecule is Cc1ccc(Oc2nc(Oc3ccc(C(N)=O)cc3)nc(Oc3ccc(C(N)=O)cc3)n2)cc1.Cc1ccc(Oc2nc(Oc3ccc(C)cc3)nc(Oc3ccc(C(N)=O)cc3)n2)cc1.NC(=O)c1ccc(Oc2nc(Oc3ccc(-c4ccccc4)cc3)nc(Oc3ccc(-c4ccccc4)cc3)n2)cc1.NC(=O)c1ccc(Oc2nc(Oc3ccccc3)nc(Oc3ccccc3)n2)cc1. The molecule has 34 nitrogen and oxygen atoms in total. The van der Waals surface area contributed by atoms with Crippen molar-refractivity contribution >= 4 is 29.5 Å². The van der Waals surface area contributed by atoms with E-state index in [9.17, 15) is 24.0 Å². The number of para-hydroxylation sites is 2. The molecule has 0 atom stereocenters. The number of nitrogens with two attached hydrogens (primary N) is 5. The van der Waals surface area contributed by atoms with Gasteiger partial charge in [-0.2, -0.15) is 0 Å². The molecule has 4 aromatic heterocycles. The van der Waals surface area contributed by atoms with Crippen LogP contribution in [0.1, 0.15) is 68.5 Å². The quantitative estimate of drug-likeness (QED) is 0.0269. The number of amides is 5. The smallest absolute Gasteiger partial charge is 0.331 e. The van der Waals surface area contributed by atoms with E-state index in [1.165, 1.54) is 24.3 Å². The summed E-state index contributed by atoms with van der Waals surface area (Å²) in [6.07, 6.45) is 0. The third kappa shape index (κ3) is 27.6. The minimum absolute atomic E-state index is 0.00545. The van der Waals surface area contributed by atoms with Crippen LogP contribution in [0.5, 0.6) is 141 Å². The second-order valence-corrected chi connectivity index (χ2v) is 29.2. The molecule has 0 aliphatic heterocycles. The number of rotatable bonds is 31. The van der Waals surface area contributed by atoms with Crippen LogP contribution in [0.25, 0.3) is 22.3 Å². The number of primary amides is 5. The fourth-order valence-corrected chi connectivity index (χ4v) is 12.0. The van der Waals surface area contributed by atoms with Crippen LogP contribution >= 0.6 is 0 Å². The summed E-state index contributed by atoms with van der Waals surface area (Å²) in [5.41, 5.74) is 35.7. The second-order valence-electron chi connectivity index (χ2n) is 29.2. The summed E-state index contributed by atoms with van der Waals surface area (Å²) in [6.45, 7) is 5.92. The normalized spacial score (nSPS) is 10.4. The van der Waals surface area contributed by atoms with E-state index in [4.69, 9.17) is 85.5 Å². The van der Waals surface area contributed by atoms with Crippen molar-refractivity contribution in [3.05, 3.63) is 408 Å². The first kappa shape index (κ1) is 92.8. The zero-order valence-corrected chi connectivity index (χ0v) is 73.3. The lowest BCUT2D eigenvalue weighted by Gasteiger charge is -2.10. The van der Waals surface area contributed by atoms with Crippen molar-refractivity contribution in [3.63, 3.8) is 0 Å². The summed E-state index contributed by atoms with van der Waals surface area (Å²) in [4.78, 5) is 107. The molecular weight excluding hydrogens is 1760 g/mol. The number of carbonyl (C=O) groups is 5. The Kier molecular flexibility index (Phi) is 30.3. The van der Waals surface area contributed by atoms with Gasteiger partial charge in [-0.15, -0.1) is 59.8 Å². The summed E-state index contributed by atoms with van der Waals surface area (Å²) >= 11 is 0. The minimum Gasteiger partial charge on any atom is -0.424 e. The molecule has 0 aliphatic rings. The molecule has 0 aliphatic carbocycles. The zero-order valence-electron chi connectivity index (χ0n) is 73.3. The summed E-state index contributed by atoms with van der Waals surface area (Å²) in [7, 11) is 0. The topological polar surface area (TPSA) is 481 Å². The highest BCUT2D eigenvalue weighted by Crippen LogP contribution is 2.36. The molecule has 5 amide bonds. The first-order chi connectivity index (χ1) is 67.0. The van der Waals surface area contributed by atoms with Crippen molar-refractivity contribution in [2.45, 2.75) is 20.8 Å². The summed E-state index contributed by atoms with van der Waals surface area (Å²) in [6, 6.07) is 106. The van der Waals surface area contributed by atoms with Gasteiger partial charge >= 0.3 is 72.1 Å². The number of benzene rings is 14. The number of aryl methyl sites for hydroxylation is 3. The van der Waals surface area contributed by atoms with Crippen molar-refractivity contribution < 1.29 is 80.8 Å². The molecule has 4 heterocycles. The lowest BCUT2D eigenvalue weighted by Crippen LogP contribution is -2.10. The molecule has 0 radical (unpaired) electrons. The van der Waals surface area contributed by atoms with Crippen LogP contribution in [0.2, 0.25) is 0 Å². The van der Waals surface area contributed by atoms with E-state index in [2.05, 4.69) is 59.8 Å². The molecule has 0 bridgehead atoms. The molecule has 0 unspecified atom stereocenters. The summed E-state index contributed by atoms with van der Waals surface area (Å²) in [5.74, 6) is 2.96. The van der Waals surface area contributed by atoms with E-state index in [0.717, 1.165) is 38.9 Å². The molecule has 138 heavy (non-hydrogen) atoms. The van der Waals surface area contributed by atoms with Crippen molar-refractivity contribution in [2.24, 2.45) is 28.7 Å². The molecule has 34 heteroatoms. The van der Waals surface area contributed by atoms with Gasteiger partial charge in [-0.05, 0) is 249 Å². The largest absolute Gasteiger partial charge is 0.424 e. The first-order valence-corrected chi connectivity index (χ1v) is 41.8. The van der Waals surface area contributed by atoms with Gasteiger partial charge in [0.1, 0.15) is 69.0 Å². The third-order valence-corrected chi connectivity index (χ3v) is 19.0. The summed E-state index contributed by atoms with van der Waals surface area (Å²) in [5, 5.41) is 0. The van der Waals surface area contributed by atoms with Gasteiger partial charge < -0.3 is 85.5 Å². The Labute approximate surface area is 787 Å². The average Bonchev–Trinajstić information content (AvgIpc) is 0.828. The first-order valence-electron chi connectivity index (χ1n) is 41.8. The number of ether oxygens (including phenoxy) is 12. The molecule has 0 spiro atoms. The van der Waals surface area contributed by atoms with E-state index in [0.29, 0.717) is 96.8 Å². The number of carbonyl (C=O) groups excluding carboxylic acids is 5. The van der Waals surface area contributed by atoms with Crippen LogP contribution in [-0.2, 0) is 0 Å². The number of aromatic nitrogens is 12. The van der Waals surface area contributed by atoms with Gasteiger partial charge in [0.05, 0.1) is 0 Å². The standard InChI is InChI=1S/C34H24N4O4.C24H19N5O5.C24H20N4O4.C22H16N4O4/c35-31(39)27-15-21-30(22-16-27)42-34-37-32(40-28-17-11-25(12-18-28)23-7-3-1-4-8-23)36-33(38-34)41-29-19-13-26(14-20-29)24-9-5-2-6-10-24;1-14-2-8-17(9-3-14)32-22-27-23(33-18-10-4-15(5-11-18)20(25)30)29-24(28-22)34-19-12-6-16(7-13-19)21(26)31;1-15-3-9-18(10-4-15)30-22-26-23(31-19-11-5-16(2)6-12-19)28-24(27-22)32-20-13-7-17(8-14-20)21(25)29;23-19(27)15-11-13-18(14-12-15)30-22-25-20(28-16-7-3-1-4-8-16)24-21(26-22)29-17-9-5-2-6-10-17/h1-22H,(H2,35,39);2-13H,1H3,(H2,25,30)(H2,26,31);3-14H,1-2H3,(H2,25,29);1-14H,(H2,23,27). The fraction of sp³-hybridized carbons (Fsp3) is 0.0288. The van der Waals surface area contributed by atoms with Gasteiger partial charge in [0.25, 0.3) is 0 Å². The maximum atomic E-state index is 11.4. The second kappa shape index (κ2) is 45.1. The summed E-state index contributed by atoms with van der Waals surface area (Å²) < 4.78 is 69.3. The molecule has 0 saturated heterocycles. The van der Waals surface area contributed by atoms with Crippen LogP contribution in [0.3, 0.4) is 0 Å². The lowest BCUT2D eigenvalue weighted by atomic mass is 10.1. The molecule has 0 fully saturated rings. The molecule has 14 aromatic carbocycles. The van der Waals surface area contributed by atoms with Crippen molar-refractivity contribution in [1.82, 2.24) is 59.8 Å². The molecule has 18 aromatic rings. The van der Waals surface area contributed by atoms with Crippen LogP contribution in [0.4, 0.5) is 0 Å². The maximum absolute atomic E-state index is 11.4. The molecule has 0 saturated carbocycles. The van der Waals surface area contributed by atoms with E-state index in [-0.39, 0.29) is 72.1 Å². The number of nitrogens with zero attached hydrogens (tertiary/aromatic N) is 12. The molecule has 682 valence electrons. The zero-order chi connectivity index (χ0) is 96.1. The maximum Gasteiger partial charge on any atom is 0.331 e. The van der Waals surface area contributed by atoms with E-state index in [1.807, 2.05) is 227 Å². The number of hydrogen-bond acceptors (Lipinski definition) is 29. The third-order valence-electron chi connectivity index (χ3n) is 19.0. The Bertz CT molecular complexity index is 6890. The fourth-order valence-electron chi connectivity index (χ4n) is 12.0. The Morgan fingerprint density at radius 3 is 0.413 bits per heavy atom.